The van der Waals surface area contributed by atoms with Gasteiger partial charge in [-0.15, -0.1) is 0 Å². The summed E-state index contributed by atoms with van der Waals surface area (Å²) in [6.45, 7) is 5.43. The summed E-state index contributed by atoms with van der Waals surface area (Å²) in [7, 11) is 0. The first-order chi connectivity index (χ1) is 14.6. The van der Waals surface area contributed by atoms with Gasteiger partial charge in [0, 0.05) is 31.6 Å². The van der Waals surface area contributed by atoms with Gasteiger partial charge in [0.25, 0.3) is 0 Å². The van der Waals surface area contributed by atoms with E-state index < -0.39 is 0 Å². The second-order valence-corrected chi connectivity index (χ2v) is 7.28. The van der Waals surface area contributed by atoms with E-state index >= 15 is 0 Å². The maximum atomic E-state index is 13.1. The minimum absolute atomic E-state index is 0.0318. The quantitative estimate of drug-likeness (QED) is 0.519. The smallest absolute Gasteiger partial charge is 0.246 e. The molecule has 0 fully saturated rings. The number of imidazole rings is 1. The van der Waals surface area contributed by atoms with Crippen LogP contribution in [0.2, 0.25) is 0 Å². The molecule has 3 aromatic rings. The zero-order chi connectivity index (χ0) is 21.3. The van der Waals surface area contributed by atoms with Crippen LogP contribution in [0.15, 0.2) is 54.6 Å². The SMILES string of the molecule is CCCC(=O)NCCCc1nc2ccccc2n1CC(=O)N(CC)c1ccccc1. The number of carbonyl (C=O) groups is 2. The van der Waals surface area contributed by atoms with E-state index in [2.05, 4.69) is 5.32 Å². The van der Waals surface area contributed by atoms with Gasteiger partial charge in [0.1, 0.15) is 12.4 Å². The molecule has 6 nitrogen and oxygen atoms in total. The van der Waals surface area contributed by atoms with Crippen LogP contribution in [-0.4, -0.2) is 34.5 Å². The zero-order valence-electron chi connectivity index (χ0n) is 17.8. The molecule has 30 heavy (non-hydrogen) atoms. The van der Waals surface area contributed by atoms with Crippen LogP contribution in [0.1, 0.15) is 38.9 Å². The van der Waals surface area contributed by atoms with E-state index in [4.69, 9.17) is 4.98 Å². The van der Waals surface area contributed by atoms with Crippen LogP contribution >= 0.6 is 0 Å². The number of amides is 2. The maximum Gasteiger partial charge on any atom is 0.246 e. The monoisotopic (exact) mass is 406 g/mol. The minimum Gasteiger partial charge on any atom is -0.356 e. The molecule has 0 spiro atoms. The molecular formula is C24H30N4O2. The van der Waals surface area contributed by atoms with Gasteiger partial charge in [0.05, 0.1) is 11.0 Å². The molecule has 0 bridgehead atoms. The van der Waals surface area contributed by atoms with E-state index in [1.807, 2.05) is 73.0 Å². The summed E-state index contributed by atoms with van der Waals surface area (Å²) in [4.78, 5) is 31.4. The van der Waals surface area contributed by atoms with Gasteiger partial charge in [-0.05, 0) is 44.0 Å². The zero-order valence-corrected chi connectivity index (χ0v) is 17.8. The molecule has 2 amide bonds. The van der Waals surface area contributed by atoms with Crippen LogP contribution in [-0.2, 0) is 22.6 Å². The Bertz CT molecular complexity index is 981. The predicted octanol–water partition coefficient (Wildman–Crippen LogP) is 3.94. The third kappa shape index (κ3) is 5.26. The third-order valence-corrected chi connectivity index (χ3v) is 5.09. The van der Waals surface area contributed by atoms with Crippen molar-refractivity contribution in [2.24, 2.45) is 0 Å². The van der Waals surface area contributed by atoms with Gasteiger partial charge >= 0.3 is 0 Å². The summed E-state index contributed by atoms with van der Waals surface area (Å²) in [5.74, 6) is 0.991. The standard InChI is InChI=1S/C24H30N4O2/c1-3-11-23(29)25-17-10-16-22-26-20-14-8-9-15-21(20)28(22)18-24(30)27(4-2)19-12-6-5-7-13-19/h5-9,12-15H,3-4,10-11,16-18H2,1-2H3,(H,25,29). The number of nitrogens with zero attached hydrogens (tertiary/aromatic N) is 3. The molecule has 0 atom stereocenters. The summed E-state index contributed by atoms with van der Waals surface area (Å²) in [5.41, 5.74) is 2.74. The summed E-state index contributed by atoms with van der Waals surface area (Å²) in [6.07, 6.45) is 2.88. The normalized spacial score (nSPS) is 10.9. The van der Waals surface area contributed by atoms with Crippen molar-refractivity contribution in [3.63, 3.8) is 0 Å². The Kier molecular flexibility index (Phi) is 7.60. The molecular weight excluding hydrogens is 376 g/mol. The Balaban J connectivity index is 1.76. The molecule has 1 N–H and O–H groups in total. The number of fused-ring (bicyclic) bond motifs is 1. The highest BCUT2D eigenvalue weighted by atomic mass is 16.2. The molecule has 1 aromatic heterocycles. The average Bonchev–Trinajstić information content (AvgIpc) is 3.10. The first-order valence-corrected chi connectivity index (χ1v) is 10.7. The van der Waals surface area contributed by atoms with Gasteiger partial charge in [-0.1, -0.05) is 37.3 Å². The van der Waals surface area contributed by atoms with Crippen molar-refractivity contribution >= 4 is 28.5 Å². The Morgan fingerprint density at radius 2 is 1.77 bits per heavy atom. The van der Waals surface area contributed by atoms with Crippen molar-refractivity contribution < 1.29 is 9.59 Å². The Morgan fingerprint density at radius 3 is 2.50 bits per heavy atom. The number of nitrogens with one attached hydrogen (secondary N) is 1. The fourth-order valence-electron chi connectivity index (χ4n) is 3.61. The predicted molar refractivity (Wildman–Crippen MR) is 120 cm³/mol. The third-order valence-electron chi connectivity index (χ3n) is 5.09. The molecule has 0 aliphatic carbocycles. The molecule has 6 heteroatoms. The number of aromatic nitrogens is 2. The maximum absolute atomic E-state index is 13.1. The number of rotatable bonds is 10. The highest BCUT2D eigenvalue weighted by Gasteiger charge is 2.18. The van der Waals surface area contributed by atoms with Crippen molar-refractivity contribution in [2.45, 2.75) is 46.1 Å². The average molecular weight is 407 g/mol. The van der Waals surface area contributed by atoms with E-state index in [0.29, 0.717) is 25.9 Å². The number of aryl methyl sites for hydroxylation is 1. The highest BCUT2D eigenvalue weighted by Crippen LogP contribution is 2.19. The largest absolute Gasteiger partial charge is 0.356 e. The number of carbonyl (C=O) groups excluding carboxylic acids is 2. The fourth-order valence-corrected chi connectivity index (χ4v) is 3.61. The van der Waals surface area contributed by atoms with Crippen molar-refractivity contribution in [1.29, 1.82) is 0 Å². The highest BCUT2D eigenvalue weighted by molar-refractivity contribution is 5.94. The number of benzene rings is 2. The molecule has 0 saturated carbocycles. The molecule has 0 unspecified atom stereocenters. The molecule has 0 aliphatic heterocycles. The van der Waals surface area contributed by atoms with Crippen molar-refractivity contribution in [2.75, 3.05) is 18.0 Å². The number of anilines is 1. The van der Waals surface area contributed by atoms with Crippen LogP contribution in [0.5, 0.6) is 0 Å². The number of hydrogen-bond acceptors (Lipinski definition) is 3. The lowest BCUT2D eigenvalue weighted by Gasteiger charge is -2.22. The lowest BCUT2D eigenvalue weighted by Crippen LogP contribution is -2.34. The Hall–Kier alpha value is -3.15. The van der Waals surface area contributed by atoms with Crippen LogP contribution in [0.3, 0.4) is 0 Å². The van der Waals surface area contributed by atoms with Gasteiger partial charge in [0.15, 0.2) is 0 Å². The molecule has 2 aromatic carbocycles. The van der Waals surface area contributed by atoms with Crippen LogP contribution in [0.4, 0.5) is 5.69 Å². The summed E-state index contributed by atoms with van der Waals surface area (Å²) < 4.78 is 2.01. The van der Waals surface area contributed by atoms with Crippen LogP contribution in [0, 0.1) is 0 Å². The molecule has 3 rings (SSSR count). The molecule has 1 heterocycles. The van der Waals surface area contributed by atoms with E-state index in [9.17, 15) is 9.59 Å². The lowest BCUT2D eigenvalue weighted by atomic mass is 10.2. The summed E-state index contributed by atoms with van der Waals surface area (Å²) in [5, 5.41) is 2.95. The van der Waals surface area contributed by atoms with E-state index in [0.717, 1.165) is 35.4 Å². The molecule has 158 valence electrons. The first-order valence-electron chi connectivity index (χ1n) is 10.7. The second-order valence-electron chi connectivity index (χ2n) is 7.28. The van der Waals surface area contributed by atoms with Crippen molar-refractivity contribution in [3.8, 4) is 0 Å². The van der Waals surface area contributed by atoms with Gasteiger partial charge < -0.3 is 14.8 Å². The first kappa shape index (κ1) is 21.6. The van der Waals surface area contributed by atoms with Crippen molar-refractivity contribution in [1.82, 2.24) is 14.9 Å². The van der Waals surface area contributed by atoms with Gasteiger partial charge in [-0.25, -0.2) is 4.98 Å². The molecule has 0 radical (unpaired) electrons. The van der Waals surface area contributed by atoms with Gasteiger partial charge in [0.2, 0.25) is 11.8 Å². The lowest BCUT2D eigenvalue weighted by molar-refractivity contribution is -0.121. The van der Waals surface area contributed by atoms with Crippen LogP contribution < -0.4 is 10.2 Å². The minimum atomic E-state index is 0.0318. The topological polar surface area (TPSA) is 67.2 Å². The Labute approximate surface area is 177 Å². The fraction of sp³-hybridized carbons (Fsp3) is 0.375. The van der Waals surface area contributed by atoms with Crippen LogP contribution in [0.25, 0.3) is 11.0 Å². The van der Waals surface area contributed by atoms with Gasteiger partial charge in [-0.2, -0.15) is 0 Å². The number of hydrogen-bond donors (Lipinski definition) is 1. The number of para-hydroxylation sites is 3. The molecule has 0 saturated heterocycles. The summed E-state index contributed by atoms with van der Waals surface area (Å²) >= 11 is 0. The van der Waals surface area contributed by atoms with E-state index in [1.165, 1.54) is 0 Å². The number of likely N-dealkylation sites (N-methyl/N-ethyl adjacent to an activating group) is 1. The molecule has 0 aliphatic rings. The van der Waals surface area contributed by atoms with Crippen molar-refractivity contribution in [3.05, 3.63) is 60.4 Å². The Morgan fingerprint density at radius 1 is 1.03 bits per heavy atom. The second kappa shape index (κ2) is 10.6. The van der Waals surface area contributed by atoms with E-state index in [1.54, 1.807) is 4.90 Å². The van der Waals surface area contributed by atoms with Gasteiger partial charge in [-0.3, -0.25) is 9.59 Å². The summed E-state index contributed by atoms with van der Waals surface area (Å²) in [6, 6.07) is 17.6. The van der Waals surface area contributed by atoms with E-state index in [-0.39, 0.29) is 18.4 Å².